The Hall–Kier alpha value is -2.20. The van der Waals surface area contributed by atoms with Gasteiger partial charge in [0, 0.05) is 28.7 Å². The Morgan fingerprint density at radius 1 is 1.03 bits per heavy atom. The molecule has 8 nitrogen and oxygen atoms in total. The summed E-state index contributed by atoms with van der Waals surface area (Å²) in [6, 6.07) is 8.34. The molecular weight excluding hydrogens is 549 g/mol. The van der Waals surface area contributed by atoms with E-state index in [1.165, 1.54) is 30.2 Å². The van der Waals surface area contributed by atoms with E-state index in [0.717, 1.165) is 10.6 Å². The third-order valence-electron chi connectivity index (χ3n) is 5.34. The van der Waals surface area contributed by atoms with Gasteiger partial charge >= 0.3 is 0 Å². The Kier molecular flexibility index (Phi) is 10.7. The lowest BCUT2D eigenvalue weighted by Gasteiger charge is -2.32. The number of halogens is 3. The zero-order chi connectivity index (χ0) is 27.2. The summed E-state index contributed by atoms with van der Waals surface area (Å²) in [6.07, 6.45) is 0.979. The smallest absolute Gasteiger partial charge is 0.244 e. The van der Waals surface area contributed by atoms with Crippen LogP contribution in [-0.2, 0) is 26.2 Å². The number of rotatable bonds is 11. The fourth-order valence-corrected chi connectivity index (χ4v) is 4.92. The molecule has 0 fully saturated rings. The highest BCUT2D eigenvalue weighted by Gasteiger charge is 2.31. The van der Waals surface area contributed by atoms with E-state index < -0.39 is 34.4 Å². The molecule has 0 radical (unpaired) electrons. The Labute approximate surface area is 227 Å². The third-order valence-corrected chi connectivity index (χ3v) is 7.49. The van der Waals surface area contributed by atoms with Crippen LogP contribution in [0.3, 0.4) is 0 Å². The van der Waals surface area contributed by atoms with Gasteiger partial charge in [-0.3, -0.25) is 13.9 Å². The zero-order valence-electron chi connectivity index (χ0n) is 20.7. The van der Waals surface area contributed by atoms with E-state index in [-0.39, 0.29) is 23.2 Å². The first-order valence-electron chi connectivity index (χ1n) is 11.1. The number of anilines is 1. The van der Waals surface area contributed by atoms with Crippen molar-refractivity contribution < 1.29 is 22.7 Å². The van der Waals surface area contributed by atoms with Gasteiger partial charge < -0.3 is 15.0 Å². The molecule has 0 saturated carbocycles. The van der Waals surface area contributed by atoms with Gasteiger partial charge in [0.2, 0.25) is 21.8 Å². The molecule has 0 spiro atoms. The average molecular weight is 579 g/mol. The molecule has 2 aromatic rings. The quantitative estimate of drug-likeness (QED) is 0.420. The molecule has 2 aromatic carbocycles. The van der Waals surface area contributed by atoms with Crippen LogP contribution in [0, 0.1) is 5.92 Å². The number of amides is 2. The molecule has 0 aliphatic heterocycles. The molecule has 12 heteroatoms. The Balaban J connectivity index is 2.45. The first-order valence-corrected chi connectivity index (χ1v) is 14.1. The minimum atomic E-state index is -3.91. The van der Waals surface area contributed by atoms with Crippen LogP contribution in [0.25, 0.3) is 0 Å². The number of hydrogen-bond acceptors (Lipinski definition) is 5. The number of sulfonamides is 1. The molecular formula is C24H30Cl3N3O5S. The zero-order valence-corrected chi connectivity index (χ0v) is 23.8. The highest BCUT2D eigenvalue weighted by molar-refractivity contribution is 7.92. The van der Waals surface area contributed by atoms with Gasteiger partial charge in [-0.05, 0) is 43.2 Å². The monoisotopic (exact) mass is 577 g/mol. The molecule has 1 N–H and O–H groups in total. The standard InChI is InChI=1S/C24H30Cl3N3O5S/c1-15(2)12-28-24(32)16(3)29(13-18-19(25)7-6-8-20(18)26)23(31)14-30(36(5,33)34)17-9-10-22(35-4)21(27)11-17/h6-11,15-16H,12-14H2,1-5H3,(H,28,32). The predicted molar refractivity (Wildman–Crippen MR) is 145 cm³/mol. The van der Waals surface area contributed by atoms with Crippen LogP contribution in [0.1, 0.15) is 26.3 Å². The van der Waals surface area contributed by atoms with Gasteiger partial charge in [0.25, 0.3) is 0 Å². The summed E-state index contributed by atoms with van der Waals surface area (Å²) in [7, 11) is -2.47. The number of nitrogens with zero attached hydrogens (tertiary/aromatic N) is 2. The van der Waals surface area contributed by atoms with Crippen molar-refractivity contribution in [2.75, 3.05) is 30.8 Å². The summed E-state index contributed by atoms with van der Waals surface area (Å²) < 4.78 is 31.4. The molecule has 36 heavy (non-hydrogen) atoms. The third kappa shape index (κ3) is 7.90. The highest BCUT2D eigenvalue weighted by Crippen LogP contribution is 2.31. The van der Waals surface area contributed by atoms with Crippen molar-refractivity contribution in [2.24, 2.45) is 5.92 Å². The lowest BCUT2D eigenvalue weighted by molar-refractivity contribution is -0.139. The van der Waals surface area contributed by atoms with E-state index in [4.69, 9.17) is 39.5 Å². The summed E-state index contributed by atoms with van der Waals surface area (Å²) >= 11 is 18.9. The summed E-state index contributed by atoms with van der Waals surface area (Å²) in [5.74, 6) is -0.469. The number of carbonyl (C=O) groups is 2. The second kappa shape index (κ2) is 12.9. The average Bonchev–Trinajstić information content (AvgIpc) is 2.79. The van der Waals surface area contributed by atoms with Crippen LogP contribution in [0.15, 0.2) is 36.4 Å². The fourth-order valence-electron chi connectivity index (χ4n) is 3.31. The van der Waals surface area contributed by atoms with Crippen molar-refractivity contribution in [3.8, 4) is 5.75 Å². The van der Waals surface area contributed by atoms with Crippen molar-refractivity contribution in [2.45, 2.75) is 33.4 Å². The molecule has 0 bridgehead atoms. The van der Waals surface area contributed by atoms with Gasteiger partial charge in [-0.15, -0.1) is 0 Å². The summed E-state index contributed by atoms with van der Waals surface area (Å²) in [4.78, 5) is 27.7. The maximum atomic E-state index is 13.6. The maximum Gasteiger partial charge on any atom is 0.244 e. The molecule has 0 heterocycles. The van der Waals surface area contributed by atoms with Crippen molar-refractivity contribution in [3.63, 3.8) is 0 Å². The number of hydrogen-bond donors (Lipinski definition) is 1. The van der Waals surface area contributed by atoms with Gasteiger partial charge in [0.05, 0.1) is 24.1 Å². The molecule has 0 aliphatic rings. The van der Waals surface area contributed by atoms with E-state index in [0.29, 0.717) is 27.9 Å². The van der Waals surface area contributed by atoms with Crippen LogP contribution < -0.4 is 14.4 Å². The van der Waals surface area contributed by atoms with Gasteiger partial charge in [-0.2, -0.15) is 0 Å². The van der Waals surface area contributed by atoms with Crippen LogP contribution in [0.2, 0.25) is 15.1 Å². The van der Waals surface area contributed by atoms with Crippen LogP contribution >= 0.6 is 34.8 Å². The van der Waals surface area contributed by atoms with Gasteiger partial charge in [0.1, 0.15) is 18.3 Å². The normalized spacial score (nSPS) is 12.2. The predicted octanol–water partition coefficient (Wildman–Crippen LogP) is 4.61. The molecule has 2 rings (SSSR count). The molecule has 1 unspecified atom stereocenters. The number of carbonyl (C=O) groups excluding carboxylic acids is 2. The molecule has 0 aromatic heterocycles. The molecule has 198 valence electrons. The molecule has 0 aliphatic carbocycles. The fraction of sp³-hybridized carbons (Fsp3) is 0.417. The second-order valence-corrected chi connectivity index (χ2v) is 11.8. The maximum absolute atomic E-state index is 13.6. The van der Waals surface area contributed by atoms with Crippen molar-refractivity contribution in [1.29, 1.82) is 0 Å². The van der Waals surface area contributed by atoms with E-state index in [2.05, 4.69) is 5.32 Å². The van der Waals surface area contributed by atoms with Crippen LogP contribution in [0.4, 0.5) is 5.69 Å². The minimum Gasteiger partial charge on any atom is -0.495 e. The van der Waals surface area contributed by atoms with Gasteiger partial charge in [-0.1, -0.05) is 54.7 Å². The topological polar surface area (TPSA) is 96.0 Å². The summed E-state index contributed by atoms with van der Waals surface area (Å²) in [5, 5.41) is 3.62. The Morgan fingerprint density at radius 2 is 1.64 bits per heavy atom. The first kappa shape index (κ1) is 30.0. The molecule has 0 saturated heterocycles. The van der Waals surface area contributed by atoms with Crippen LogP contribution in [-0.4, -0.2) is 57.6 Å². The number of nitrogens with one attached hydrogen (secondary N) is 1. The number of benzene rings is 2. The SMILES string of the molecule is COc1ccc(N(CC(=O)N(Cc2c(Cl)cccc2Cl)C(C)C(=O)NCC(C)C)S(C)(=O)=O)cc1Cl. The minimum absolute atomic E-state index is 0.103. The lowest BCUT2D eigenvalue weighted by Crippen LogP contribution is -2.51. The van der Waals surface area contributed by atoms with E-state index in [1.807, 2.05) is 13.8 Å². The Morgan fingerprint density at radius 3 is 2.14 bits per heavy atom. The number of ether oxygens (including phenoxy) is 1. The molecule has 1 atom stereocenters. The lowest BCUT2D eigenvalue weighted by atomic mass is 10.1. The van der Waals surface area contributed by atoms with Crippen molar-refractivity contribution >= 4 is 62.3 Å². The summed E-state index contributed by atoms with van der Waals surface area (Å²) in [5.41, 5.74) is 0.611. The second-order valence-electron chi connectivity index (χ2n) is 8.63. The Bertz CT molecular complexity index is 1190. The van der Waals surface area contributed by atoms with Crippen molar-refractivity contribution in [3.05, 3.63) is 57.0 Å². The first-order chi connectivity index (χ1) is 16.8. The summed E-state index contributed by atoms with van der Waals surface area (Å²) in [6.45, 7) is 5.19. The van der Waals surface area contributed by atoms with Gasteiger partial charge in [0.15, 0.2) is 0 Å². The van der Waals surface area contributed by atoms with Crippen molar-refractivity contribution in [1.82, 2.24) is 10.2 Å². The number of methoxy groups -OCH3 is 1. The van der Waals surface area contributed by atoms with E-state index >= 15 is 0 Å². The highest BCUT2D eigenvalue weighted by atomic mass is 35.5. The largest absolute Gasteiger partial charge is 0.495 e. The van der Waals surface area contributed by atoms with Gasteiger partial charge in [-0.25, -0.2) is 8.42 Å². The molecule has 2 amide bonds. The van der Waals surface area contributed by atoms with E-state index in [9.17, 15) is 18.0 Å². The van der Waals surface area contributed by atoms with E-state index in [1.54, 1.807) is 25.1 Å². The van der Waals surface area contributed by atoms with Crippen LogP contribution in [0.5, 0.6) is 5.75 Å².